The first-order valence-corrected chi connectivity index (χ1v) is 7.96. The summed E-state index contributed by atoms with van der Waals surface area (Å²) in [5.41, 5.74) is 1.93. The van der Waals surface area contributed by atoms with Gasteiger partial charge >= 0.3 is 6.18 Å². The molecule has 0 aliphatic carbocycles. The first-order chi connectivity index (χ1) is 12.8. The zero-order valence-corrected chi connectivity index (χ0v) is 14.0. The fraction of sp³-hybridized carbons (Fsp3) is 0.105. The van der Waals surface area contributed by atoms with Crippen LogP contribution in [0.3, 0.4) is 0 Å². The molecule has 3 aromatic heterocycles. The van der Waals surface area contributed by atoms with E-state index in [9.17, 15) is 17.6 Å². The van der Waals surface area contributed by atoms with Gasteiger partial charge in [-0.25, -0.2) is 14.4 Å². The van der Waals surface area contributed by atoms with E-state index in [1.54, 1.807) is 30.6 Å². The van der Waals surface area contributed by atoms with E-state index in [2.05, 4.69) is 15.0 Å². The van der Waals surface area contributed by atoms with Gasteiger partial charge < -0.3 is 0 Å². The third-order valence-electron chi connectivity index (χ3n) is 4.12. The van der Waals surface area contributed by atoms with Crippen molar-refractivity contribution in [2.75, 3.05) is 0 Å². The second-order valence-corrected chi connectivity index (χ2v) is 6.07. The van der Waals surface area contributed by atoms with Gasteiger partial charge in [0.05, 0.1) is 11.9 Å². The lowest BCUT2D eigenvalue weighted by Crippen LogP contribution is -2.09. The van der Waals surface area contributed by atoms with Crippen molar-refractivity contribution >= 4 is 5.78 Å². The van der Waals surface area contributed by atoms with Gasteiger partial charge in [0.2, 0.25) is 5.78 Å². The van der Waals surface area contributed by atoms with Crippen molar-refractivity contribution in [3.05, 3.63) is 72.2 Å². The molecule has 4 aromatic rings. The van der Waals surface area contributed by atoms with E-state index < -0.39 is 17.7 Å². The van der Waals surface area contributed by atoms with Crippen molar-refractivity contribution in [3.8, 4) is 22.4 Å². The van der Waals surface area contributed by atoms with E-state index in [1.807, 2.05) is 6.92 Å². The Bertz CT molecular complexity index is 1150. The minimum atomic E-state index is -4.55. The number of hydrogen-bond acceptors (Lipinski definition) is 3. The lowest BCUT2D eigenvalue weighted by atomic mass is 10.0. The SMILES string of the molecule is Cc1cncc(-c2cc(-c3cnc4nc(C(F)(F)F)ccn34)ccc2F)c1. The van der Waals surface area contributed by atoms with E-state index in [0.717, 1.165) is 11.6 Å². The number of benzene rings is 1. The molecule has 0 amide bonds. The van der Waals surface area contributed by atoms with Gasteiger partial charge in [0.25, 0.3) is 0 Å². The molecule has 0 spiro atoms. The van der Waals surface area contributed by atoms with Crippen LogP contribution in [0.2, 0.25) is 0 Å². The standard InChI is InChI=1S/C19H12F4N4/c1-11-6-13(9-24-8-11)14-7-12(2-3-15(14)20)16-10-25-18-26-17(19(21,22)23)4-5-27(16)18/h2-10H,1H3. The predicted molar refractivity (Wildman–Crippen MR) is 91.4 cm³/mol. The maximum Gasteiger partial charge on any atom is 0.433 e. The summed E-state index contributed by atoms with van der Waals surface area (Å²) < 4.78 is 54.2. The zero-order valence-electron chi connectivity index (χ0n) is 14.0. The van der Waals surface area contributed by atoms with Crippen LogP contribution in [0.15, 0.2) is 55.1 Å². The second kappa shape index (κ2) is 6.15. The Hall–Kier alpha value is -3.29. The Morgan fingerprint density at radius 3 is 2.52 bits per heavy atom. The van der Waals surface area contributed by atoms with Crippen LogP contribution in [0.5, 0.6) is 0 Å². The molecule has 0 atom stereocenters. The smallest absolute Gasteiger partial charge is 0.284 e. The molecule has 0 radical (unpaired) electrons. The Balaban J connectivity index is 1.83. The number of fused-ring (bicyclic) bond motifs is 1. The largest absolute Gasteiger partial charge is 0.433 e. The normalized spacial score (nSPS) is 11.9. The molecule has 0 saturated carbocycles. The number of hydrogen-bond donors (Lipinski definition) is 0. The molecule has 0 saturated heterocycles. The van der Waals surface area contributed by atoms with Gasteiger partial charge in [-0.1, -0.05) is 0 Å². The van der Waals surface area contributed by atoms with Gasteiger partial charge in [0.1, 0.15) is 11.5 Å². The fourth-order valence-corrected chi connectivity index (χ4v) is 2.85. The maximum absolute atomic E-state index is 14.3. The van der Waals surface area contributed by atoms with E-state index >= 15 is 0 Å². The van der Waals surface area contributed by atoms with Gasteiger partial charge in [-0.3, -0.25) is 9.38 Å². The molecule has 0 bridgehead atoms. The van der Waals surface area contributed by atoms with Crippen LogP contribution in [0.25, 0.3) is 28.2 Å². The number of imidazole rings is 1. The number of halogens is 4. The van der Waals surface area contributed by atoms with Crippen LogP contribution in [0.1, 0.15) is 11.3 Å². The highest BCUT2D eigenvalue weighted by Gasteiger charge is 2.33. The first-order valence-electron chi connectivity index (χ1n) is 7.96. The van der Waals surface area contributed by atoms with E-state index in [4.69, 9.17) is 0 Å². The molecule has 0 fully saturated rings. The van der Waals surface area contributed by atoms with Gasteiger partial charge in [0, 0.05) is 35.3 Å². The molecule has 27 heavy (non-hydrogen) atoms. The Morgan fingerprint density at radius 1 is 0.963 bits per heavy atom. The quantitative estimate of drug-likeness (QED) is 0.469. The van der Waals surface area contributed by atoms with E-state index in [1.165, 1.54) is 22.9 Å². The third-order valence-corrected chi connectivity index (χ3v) is 4.12. The van der Waals surface area contributed by atoms with Crippen LogP contribution in [0.4, 0.5) is 17.6 Å². The highest BCUT2D eigenvalue weighted by atomic mass is 19.4. The van der Waals surface area contributed by atoms with E-state index in [-0.39, 0.29) is 5.78 Å². The lowest BCUT2D eigenvalue weighted by molar-refractivity contribution is -0.141. The monoisotopic (exact) mass is 372 g/mol. The Kier molecular flexibility index (Phi) is 3.91. The van der Waals surface area contributed by atoms with Crippen LogP contribution in [-0.2, 0) is 6.18 Å². The first kappa shape index (κ1) is 17.1. The summed E-state index contributed by atoms with van der Waals surface area (Å²) in [4.78, 5) is 11.6. The number of aryl methyl sites for hydroxylation is 1. The number of alkyl halides is 3. The number of nitrogens with zero attached hydrogens (tertiary/aromatic N) is 4. The van der Waals surface area contributed by atoms with Crippen molar-refractivity contribution in [3.63, 3.8) is 0 Å². The third kappa shape index (κ3) is 3.14. The van der Waals surface area contributed by atoms with E-state index in [0.29, 0.717) is 22.4 Å². The zero-order chi connectivity index (χ0) is 19.2. The van der Waals surface area contributed by atoms with Gasteiger partial charge in [0.15, 0.2) is 0 Å². The molecular formula is C19H12F4N4. The van der Waals surface area contributed by atoms with Crippen LogP contribution in [0, 0.1) is 12.7 Å². The maximum atomic E-state index is 14.3. The molecule has 0 N–H and O–H groups in total. The number of pyridine rings is 1. The molecule has 1 aromatic carbocycles. The minimum absolute atomic E-state index is 0.0806. The van der Waals surface area contributed by atoms with Crippen molar-refractivity contribution in [2.45, 2.75) is 13.1 Å². The Morgan fingerprint density at radius 2 is 1.78 bits per heavy atom. The summed E-state index contributed by atoms with van der Waals surface area (Å²) >= 11 is 0. The molecule has 136 valence electrons. The number of rotatable bonds is 2. The van der Waals surface area contributed by atoms with Crippen LogP contribution >= 0.6 is 0 Å². The summed E-state index contributed by atoms with van der Waals surface area (Å²) in [7, 11) is 0. The highest BCUT2D eigenvalue weighted by Crippen LogP contribution is 2.31. The second-order valence-electron chi connectivity index (χ2n) is 6.07. The molecule has 3 heterocycles. The minimum Gasteiger partial charge on any atom is -0.284 e. The summed E-state index contributed by atoms with van der Waals surface area (Å²) in [5.74, 6) is -0.500. The van der Waals surface area contributed by atoms with Gasteiger partial charge in [-0.2, -0.15) is 13.2 Å². The molecule has 0 aliphatic rings. The highest BCUT2D eigenvalue weighted by molar-refractivity contribution is 5.72. The topological polar surface area (TPSA) is 43.1 Å². The van der Waals surface area contributed by atoms with Crippen LogP contribution in [-0.4, -0.2) is 19.4 Å². The average molecular weight is 372 g/mol. The lowest BCUT2D eigenvalue weighted by Gasteiger charge is -2.09. The Labute approximate surface area is 151 Å². The van der Waals surface area contributed by atoms with Crippen molar-refractivity contribution < 1.29 is 17.6 Å². The van der Waals surface area contributed by atoms with Crippen molar-refractivity contribution in [1.82, 2.24) is 19.4 Å². The van der Waals surface area contributed by atoms with Crippen molar-refractivity contribution in [1.29, 1.82) is 0 Å². The summed E-state index contributed by atoms with van der Waals surface area (Å²) in [6, 6.07) is 7.16. The summed E-state index contributed by atoms with van der Waals surface area (Å²) in [5, 5.41) is 0. The molecular weight excluding hydrogens is 360 g/mol. The van der Waals surface area contributed by atoms with Crippen LogP contribution < -0.4 is 0 Å². The molecule has 4 nitrogen and oxygen atoms in total. The number of aromatic nitrogens is 4. The fourth-order valence-electron chi connectivity index (χ4n) is 2.85. The summed E-state index contributed by atoms with van der Waals surface area (Å²) in [6.07, 6.45) is 1.34. The van der Waals surface area contributed by atoms with Gasteiger partial charge in [-0.15, -0.1) is 0 Å². The molecule has 0 unspecified atom stereocenters. The molecule has 0 aliphatic heterocycles. The van der Waals surface area contributed by atoms with Crippen molar-refractivity contribution in [2.24, 2.45) is 0 Å². The molecule has 4 rings (SSSR count). The van der Waals surface area contributed by atoms with Gasteiger partial charge in [-0.05, 0) is 42.8 Å². The predicted octanol–water partition coefficient (Wildman–Crippen LogP) is 4.92. The average Bonchev–Trinajstić information content (AvgIpc) is 3.05. The molecule has 8 heteroatoms. The summed E-state index contributed by atoms with van der Waals surface area (Å²) in [6.45, 7) is 1.85.